The molecule has 6 nitrogen and oxygen atoms in total. The Labute approximate surface area is 107 Å². The maximum absolute atomic E-state index is 13.0. The number of benzene rings is 1. The molecule has 102 valence electrons. The first-order chi connectivity index (χ1) is 8.90. The molecule has 0 atom stereocenters. The third-order valence-electron chi connectivity index (χ3n) is 2.41. The van der Waals surface area contributed by atoms with Gasteiger partial charge in [0.15, 0.2) is 11.6 Å². The molecule has 0 aliphatic heterocycles. The van der Waals surface area contributed by atoms with E-state index in [1.54, 1.807) is 0 Å². The van der Waals surface area contributed by atoms with Crippen molar-refractivity contribution in [3.8, 4) is 0 Å². The fourth-order valence-corrected chi connectivity index (χ4v) is 2.38. The van der Waals surface area contributed by atoms with Crippen LogP contribution in [-0.4, -0.2) is 18.6 Å². The highest BCUT2D eigenvalue weighted by Crippen LogP contribution is 2.14. The van der Waals surface area contributed by atoms with Crippen LogP contribution in [0.5, 0.6) is 0 Å². The van der Waals surface area contributed by atoms with Crippen LogP contribution in [0.2, 0.25) is 0 Å². The third-order valence-corrected chi connectivity index (χ3v) is 3.80. The van der Waals surface area contributed by atoms with Gasteiger partial charge in [-0.3, -0.25) is 5.10 Å². The molecule has 0 saturated carbocycles. The normalized spacial score (nSPS) is 11.7. The fraction of sp³-hybridized carbons (Fsp3) is 0.100. The zero-order chi connectivity index (χ0) is 14.0. The number of H-pyrrole nitrogens is 1. The Morgan fingerprint density at radius 2 is 2.05 bits per heavy atom. The van der Waals surface area contributed by atoms with Crippen molar-refractivity contribution in [2.45, 2.75) is 11.4 Å². The van der Waals surface area contributed by atoms with Gasteiger partial charge in [-0.25, -0.2) is 21.9 Å². The number of aromatic amines is 1. The molecule has 0 amide bonds. The summed E-state index contributed by atoms with van der Waals surface area (Å²) in [6.07, 6.45) is 1.36. The van der Waals surface area contributed by atoms with E-state index < -0.39 is 21.7 Å². The molecule has 0 fully saturated rings. The van der Waals surface area contributed by atoms with Gasteiger partial charge in [0.1, 0.15) is 5.82 Å². The van der Waals surface area contributed by atoms with Gasteiger partial charge in [0, 0.05) is 12.1 Å². The highest BCUT2D eigenvalue weighted by atomic mass is 32.2. The van der Waals surface area contributed by atoms with Crippen molar-refractivity contribution >= 4 is 15.8 Å². The average Bonchev–Trinajstić information content (AvgIpc) is 2.76. The van der Waals surface area contributed by atoms with Crippen LogP contribution < -0.4 is 10.5 Å². The summed E-state index contributed by atoms with van der Waals surface area (Å²) in [5.41, 5.74) is 5.94. The second kappa shape index (κ2) is 4.94. The summed E-state index contributed by atoms with van der Waals surface area (Å²) in [6, 6.07) is 2.33. The molecular weight excluding hydrogens is 278 g/mol. The number of halogens is 2. The van der Waals surface area contributed by atoms with Crippen LogP contribution in [0, 0.1) is 11.6 Å². The highest BCUT2D eigenvalue weighted by Gasteiger charge is 2.17. The van der Waals surface area contributed by atoms with Crippen LogP contribution in [-0.2, 0) is 16.6 Å². The minimum Gasteiger partial charge on any atom is -0.384 e. The predicted octanol–water partition coefficient (Wildman–Crippen LogP) is 0.749. The maximum atomic E-state index is 13.0. The van der Waals surface area contributed by atoms with Crippen LogP contribution in [0.15, 0.2) is 29.3 Å². The van der Waals surface area contributed by atoms with Crippen molar-refractivity contribution in [2.24, 2.45) is 0 Å². The molecule has 0 unspecified atom stereocenters. The number of hydrogen-bond acceptors (Lipinski definition) is 4. The number of nitrogens with two attached hydrogens (primary N) is 1. The Kier molecular flexibility index (Phi) is 3.49. The van der Waals surface area contributed by atoms with Crippen LogP contribution >= 0.6 is 0 Å². The fourth-order valence-electron chi connectivity index (χ4n) is 1.36. The summed E-state index contributed by atoms with van der Waals surface area (Å²) in [5.74, 6) is -2.11. The Morgan fingerprint density at radius 1 is 1.32 bits per heavy atom. The molecule has 4 N–H and O–H groups in total. The van der Waals surface area contributed by atoms with E-state index in [1.807, 2.05) is 0 Å². The SMILES string of the molecule is Nc1[nH]ncc1CNS(=O)(=O)c1ccc(F)c(F)c1. The number of nitrogen functional groups attached to an aromatic ring is 1. The molecular formula is C10H10F2N4O2S. The van der Waals surface area contributed by atoms with E-state index in [9.17, 15) is 17.2 Å². The Morgan fingerprint density at radius 3 is 2.63 bits per heavy atom. The summed E-state index contributed by atoms with van der Waals surface area (Å²) < 4.78 is 51.6. The number of nitrogens with one attached hydrogen (secondary N) is 2. The standard InChI is InChI=1S/C10H10F2N4O2S/c11-8-2-1-7(3-9(8)12)19(17,18)15-5-6-4-14-16-10(6)13/h1-4,15H,5H2,(H3,13,14,16). The molecule has 0 spiro atoms. The molecule has 0 saturated heterocycles. The van der Waals surface area contributed by atoms with Crippen LogP contribution in [0.1, 0.15) is 5.56 Å². The van der Waals surface area contributed by atoms with Gasteiger partial charge < -0.3 is 5.73 Å². The monoisotopic (exact) mass is 288 g/mol. The predicted molar refractivity (Wildman–Crippen MR) is 63.4 cm³/mol. The minimum absolute atomic E-state index is 0.107. The van der Waals surface area contributed by atoms with E-state index in [2.05, 4.69) is 14.9 Å². The lowest BCUT2D eigenvalue weighted by Gasteiger charge is -2.06. The van der Waals surface area contributed by atoms with Gasteiger partial charge in [-0.2, -0.15) is 5.10 Å². The summed E-state index contributed by atoms with van der Waals surface area (Å²) >= 11 is 0. The molecule has 2 aromatic rings. The zero-order valence-electron chi connectivity index (χ0n) is 9.52. The zero-order valence-corrected chi connectivity index (χ0v) is 10.3. The van der Waals surface area contributed by atoms with Crippen molar-refractivity contribution < 1.29 is 17.2 Å². The molecule has 0 bridgehead atoms. The molecule has 0 aliphatic rings. The van der Waals surface area contributed by atoms with Gasteiger partial charge in [-0.15, -0.1) is 0 Å². The quantitative estimate of drug-likeness (QED) is 0.772. The van der Waals surface area contributed by atoms with Crippen LogP contribution in [0.3, 0.4) is 0 Å². The van der Waals surface area contributed by atoms with E-state index in [0.29, 0.717) is 11.6 Å². The topological polar surface area (TPSA) is 101 Å². The van der Waals surface area contributed by atoms with E-state index in [4.69, 9.17) is 5.73 Å². The average molecular weight is 288 g/mol. The van der Waals surface area contributed by atoms with Crippen molar-refractivity contribution in [3.63, 3.8) is 0 Å². The van der Waals surface area contributed by atoms with Gasteiger partial charge in [-0.1, -0.05) is 0 Å². The lowest BCUT2D eigenvalue weighted by Crippen LogP contribution is -2.23. The Balaban J connectivity index is 2.18. The van der Waals surface area contributed by atoms with Crippen molar-refractivity contribution in [1.82, 2.24) is 14.9 Å². The third kappa shape index (κ3) is 2.88. The lowest BCUT2D eigenvalue weighted by atomic mass is 10.3. The van der Waals surface area contributed by atoms with E-state index in [0.717, 1.165) is 12.1 Å². The Bertz CT molecular complexity index is 699. The largest absolute Gasteiger partial charge is 0.384 e. The number of nitrogens with zero attached hydrogens (tertiary/aromatic N) is 1. The number of aromatic nitrogens is 2. The van der Waals surface area contributed by atoms with Crippen LogP contribution in [0.4, 0.5) is 14.6 Å². The minimum atomic E-state index is -3.95. The summed E-state index contributed by atoms with van der Waals surface area (Å²) in [7, 11) is -3.95. The molecule has 2 rings (SSSR count). The molecule has 0 radical (unpaired) electrons. The molecule has 1 heterocycles. The Hall–Kier alpha value is -2.00. The van der Waals surface area contributed by atoms with E-state index in [-0.39, 0.29) is 17.3 Å². The maximum Gasteiger partial charge on any atom is 0.240 e. The molecule has 1 aromatic carbocycles. The number of hydrogen-bond donors (Lipinski definition) is 3. The van der Waals surface area contributed by atoms with E-state index in [1.165, 1.54) is 6.20 Å². The molecule has 1 aromatic heterocycles. The number of sulfonamides is 1. The number of rotatable bonds is 4. The summed E-state index contributed by atoms with van der Waals surface area (Å²) in [6.45, 7) is -0.107. The molecule has 19 heavy (non-hydrogen) atoms. The number of anilines is 1. The van der Waals surface area contributed by atoms with Gasteiger partial charge in [0.05, 0.1) is 11.1 Å². The lowest BCUT2D eigenvalue weighted by molar-refractivity contribution is 0.504. The van der Waals surface area contributed by atoms with Crippen molar-refractivity contribution in [3.05, 3.63) is 41.6 Å². The second-order valence-corrected chi connectivity index (χ2v) is 5.48. The smallest absolute Gasteiger partial charge is 0.240 e. The first kappa shape index (κ1) is 13.4. The van der Waals surface area contributed by atoms with Gasteiger partial charge in [0.25, 0.3) is 0 Å². The van der Waals surface area contributed by atoms with Gasteiger partial charge in [-0.05, 0) is 18.2 Å². The van der Waals surface area contributed by atoms with Gasteiger partial charge in [0.2, 0.25) is 10.0 Å². The highest BCUT2D eigenvalue weighted by molar-refractivity contribution is 7.89. The van der Waals surface area contributed by atoms with Crippen molar-refractivity contribution in [1.29, 1.82) is 0 Å². The summed E-state index contributed by atoms with van der Waals surface area (Å²) in [4.78, 5) is -0.367. The van der Waals surface area contributed by atoms with Crippen LogP contribution in [0.25, 0.3) is 0 Å². The first-order valence-corrected chi connectivity index (χ1v) is 6.61. The summed E-state index contributed by atoms with van der Waals surface area (Å²) in [5, 5.41) is 6.07. The van der Waals surface area contributed by atoms with Gasteiger partial charge >= 0.3 is 0 Å². The molecule has 9 heteroatoms. The molecule has 0 aliphatic carbocycles. The van der Waals surface area contributed by atoms with E-state index >= 15 is 0 Å². The van der Waals surface area contributed by atoms with Crippen molar-refractivity contribution in [2.75, 3.05) is 5.73 Å². The first-order valence-electron chi connectivity index (χ1n) is 5.12. The second-order valence-electron chi connectivity index (χ2n) is 3.71.